The molecule has 0 aliphatic carbocycles. The summed E-state index contributed by atoms with van der Waals surface area (Å²) in [4.78, 5) is 36.4. The van der Waals surface area contributed by atoms with E-state index in [9.17, 15) is 14.4 Å². The summed E-state index contributed by atoms with van der Waals surface area (Å²) in [5.41, 5.74) is 5.80. The largest absolute Gasteiger partial charge is 1.00 e. The van der Waals surface area contributed by atoms with Crippen LogP contribution in [0.4, 0.5) is 16.2 Å². The summed E-state index contributed by atoms with van der Waals surface area (Å²) < 4.78 is 6.73. The number of anilines is 2. The number of carbonyl (C=O) groups is 3. The van der Waals surface area contributed by atoms with Crippen LogP contribution in [0.25, 0.3) is 11.1 Å². The number of carbonyl (C=O) groups excluding carboxylic acids is 3. The number of amides is 2. The molecule has 8 heteroatoms. The number of likely N-dealkylation sites (tertiary alicyclic amines) is 1. The van der Waals surface area contributed by atoms with Crippen molar-refractivity contribution in [3.63, 3.8) is 0 Å². The molecule has 0 radical (unpaired) electrons. The van der Waals surface area contributed by atoms with Crippen molar-refractivity contribution in [3.8, 4) is 11.1 Å². The van der Waals surface area contributed by atoms with Crippen LogP contribution in [0.15, 0.2) is 66.7 Å². The molecule has 2 N–H and O–H groups in total. The summed E-state index contributed by atoms with van der Waals surface area (Å²) in [5, 5.41) is 5.92. The van der Waals surface area contributed by atoms with Crippen molar-refractivity contribution < 1.29 is 47.6 Å². The van der Waals surface area contributed by atoms with Gasteiger partial charge in [-0.1, -0.05) is 42.5 Å². The molecule has 1 heterocycles. The minimum atomic E-state index is -0.433. The van der Waals surface area contributed by atoms with Crippen molar-refractivity contribution in [1.29, 1.82) is 0 Å². The fourth-order valence-corrected chi connectivity index (χ4v) is 4.94. The van der Waals surface area contributed by atoms with E-state index < -0.39 is 6.09 Å². The van der Waals surface area contributed by atoms with E-state index >= 15 is 0 Å². The van der Waals surface area contributed by atoms with Gasteiger partial charge >= 0.3 is 6.09 Å². The second-order valence-corrected chi connectivity index (χ2v) is 11.0. The van der Waals surface area contributed by atoms with Crippen molar-refractivity contribution in [2.45, 2.75) is 45.1 Å². The minimum Gasteiger partial charge on any atom is -1.00 e. The van der Waals surface area contributed by atoms with Gasteiger partial charge in [0.2, 0.25) is 5.91 Å². The Morgan fingerprint density at radius 2 is 1.68 bits per heavy atom. The summed E-state index contributed by atoms with van der Waals surface area (Å²) in [6.07, 6.45) is 3.70. The molecule has 4 rings (SSSR count). The first-order chi connectivity index (χ1) is 18.7. The number of piperidine rings is 1. The SMILES string of the molecule is Cc1cc(C=O)ccc1NC(=O)CCCc1ccc(-c2ccccc2)c(NC(=O)OC2CC[N+](C)(C)CC2)c1.[I-]. The molecule has 0 atom stereocenters. The van der Waals surface area contributed by atoms with Crippen LogP contribution in [0.2, 0.25) is 0 Å². The number of nitrogens with zero attached hydrogens (tertiary/aromatic N) is 1. The molecule has 2 amide bonds. The predicted octanol–water partition coefficient (Wildman–Crippen LogP) is 3.23. The molecule has 0 spiro atoms. The lowest BCUT2D eigenvalue weighted by Gasteiger charge is -2.36. The maximum atomic E-state index is 12.9. The van der Waals surface area contributed by atoms with Gasteiger partial charge in [0.25, 0.3) is 0 Å². The normalized spacial score (nSPS) is 14.5. The van der Waals surface area contributed by atoms with E-state index in [-0.39, 0.29) is 36.0 Å². The molecule has 1 fully saturated rings. The van der Waals surface area contributed by atoms with Gasteiger partial charge in [0, 0.05) is 36.1 Å². The second-order valence-electron chi connectivity index (χ2n) is 11.0. The first kappa shape index (κ1) is 31.3. The molecule has 40 heavy (non-hydrogen) atoms. The van der Waals surface area contributed by atoms with Gasteiger partial charge in [-0.3, -0.25) is 14.9 Å². The molecule has 3 aromatic carbocycles. The third-order valence-electron chi connectivity index (χ3n) is 7.32. The molecule has 212 valence electrons. The first-order valence-corrected chi connectivity index (χ1v) is 13.6. The Morgan fingerprint density at radius 1 is 0.950 bits per heavy atom. The van der Waals surface area contributed by atoms with E-state index in [0.717, 1.165) is 59.0 Å². The van der Waals surface area contributed by atoms with Crippen LogP contribution in [0, 0.1) is 6.92 Å². The molecule has 0 aromatic heterocycles. The standard InChI is InChI=1S/C32H37N3O4.HI/c1-23-20-25(22-36)13-15-29(23)33-31(37)11-7-8-24-12-14-28(26-9-5-4-6-10-26)30(21-24)34-32(38)39-27-16-18-35(2,3)19-17-27;/h4-6,9-10,12-15,20-22,27H,7-8,11,16-19H2,1-3H3,(H-,33,34,36,37,38);1H. The first-order valence-electron chi connectivity index (χ1n) is 13.6. The van der Waals surface area contributed by atoms with Crippen LogP contribution in [-0.4, -0.2) is 56.1 Å². The number of hydrogen-bond acceptors (Lipinski definition) is 4. The van der Waals surface area contributed by atoms with E-state index in [4.69, 9.17) is 4.74 Å². The lowest BCUT2D eigenvalue weighted by molar-refractivity contribution is -0.896. The lowest BCUT2D eigenvalue weighted by atomic mass is 9.99. The van der Waals surface area contributed by atoms with E-state index in [0.29, 0.717) is 36.2 Å². The number of aldehydes is 1. The minimum absolute atomic E-state index is 0. The summed E-state index contributed by atoms with van der Waals surface area (Å²) in [6, 6.07) is 21.2. The van der Waals surface area contributed by atoms with E-state index in [1.165, 1.54) is 0 Å². The molecule has 0 bridgehead atoms. The highest BCUT2D eigenvalue weighted by Gasteiger charge is 2.28. The van der Waals surface area contributed by atoms with Crippen LogP contribution in [0.3, 0.4) is 0 Å². The van der Waals surface area contributed by atoms with Crippen LogP contribution in [0.1, 0.15) is 47.2 Å². The van der Waals surface area contributed by atoms with Crippen molar-refractivity contribution >= 4 is 29.7 Å². The highest BCUT2D eigenvalue weighted by molar-refractivity contribution is 5.93. The molecular formula is C32H38IN3O4. The molecule has 1 aliphatic rings. The quantitative estimate of drug-likeness (QED) is 0.211. The average Bonchev–Trinajstić information content (AvgIpc) is 2.91. The van der Waals surface area contributed by atoms with Crippen molar-refractivity contribution in [1.82, 2.24) is 0 Å². The number of quaternary nitrogens is 1. The zero-order chi connectivity index (χ0) is 27.8. The van der Waals surface area contributed by atoms with E-state index in [1.807, 2.05) is 55.5 Å². The van der Waals surface area contributed by atoms with Gasteiger partial charge in [-0.05, 0) is 60.7 Å². The fraction of sp³-hybridized carbons (Fsp3) is 0.344. The third-order valence-corrected chi connectivity index (χ3v) is 7.32. The zero-order valence-electron chi connectivity index (χ0n) is 23.4. The highest BCUT2D eigenvalue weighted by Crippen LogP contribution is 2.30. The Balaban J connectivity index is 0.00000441. The Morgan fingerprint density at radius 3 is 2.35 bits per heavy atom. The molecule has 1 saturated heterocycles. The molecule has 1 aliphatic heterocycles. The van der Waals surface area contributed by atoms with Crippen LogP contribution in [-0.2, 0) is 16.0 Å². The maximum absolute atomic E-state index is 12.9. The Bertz CT molecular complexity index is 1320. The Kier molecular flexibility index (Phi) is 11.3. The topological polar surface area (TPSA) is 84.5 Å². The predicted molar refractivity (Wildman–Crippen MR) is 155 cm³/mol. The number of nitrogens with one attached hydrogen (secondary N) is 2. The summed E-state index contributed by atoms with van der Waals surface area (Å²) >= 11 is 0. The molecule has 7 nitrogen and oxygen atoms in total. The van der Waals surface area contributed by atoms with Gasteiger partial charge in [-0.2, -0.15) is 0 Å². The second kappa shape index (κ2) is 14.4. The number of aryl methyl sites for hydroxylation is 2. The monoisotopic (exact) mass is 655 g/mol. The van der Waals surface area contributed by atoms with E-state index in [1.54, 1.807) is 18.2 Å². The number of rotatable bonds is 9. The summed E-state index contributed by atoms with van der Waals surface area (Å²) in [5.74, 6) is -0.0749. The summed E-state index contributed by atoms with van der Waals surface area (Å²) in [6.45, 7) is 3.84. The third kappa shape index (κ3) is 8.89. The zero-order valence-corrected chi connectivity index (χ0v) is 25.6. The van der Waals surface area contributed by atoms with Crippen LogP contribution in [0.5, 0.6) is 0 Å². The van der Waals surface area contributed by atoms with Crippen LogP contribution >= 0.6 is 0 Å². The smallest absolute Gasteiger partial charge is 0.411 e. The van der Waals surface area contributed by atoms with Gasteiger partial charge in [0.15, 0.2) is 0 Å². The number of hydrogen-bond donors (Lipinski definition) is 2. The molecule has 0 saturated carbocycles. The Hall–Kier alpha value is -3.24. The van der Waals surface area contributed by atoms with E-state index in [2.05, 4.69) is 24.7 Å². The van der Waals surface area contributed by atoms with Gasteiger partial charge in [-0.15, -0.1) is 0 Å². The fourth-order valence-electron chi connectivity index (χ4n) is 4.94. The molecular weight excluding hydrogens is 617 g/mol. The van der Waals surface area contributed by atoms with Gasteiger partial charge in [0.05, 0.1) is 32.9 Å². The molecule has 0 unspecified atom stereocenters. The number of halogens is 1. The maximum Gasteiger partial charge on any atom is 0.411 e. The van der Waals surface area contributed by atoms with Gasteiger partial charge < -0.3 is 38.5 Å². The van der Waals surface area contributed by atoms with Crippen LogP contribution < -0.4 is 34.6 Å². The number of benzene rings is 3. The average molecular weight is 656 g/mol. The highest BCUT2D eigenvalue weighted by atomic mass is 127. The molecule has 3 aromatic rings. The van der Waals surface area contributed by atoms with Gasteiger partial charge in [-0.25, -0.2) is 4.79 Å². The van der Waals surface area contributed by atoms with Crippen molar-refractivity contribution in [2.75, 3.05) is 37.8 Å². The van der Waals surface area contributed by atoms with Crippen molar-refractivity contribution in [2.24, 2.45) is 0 Å². The van der Waals surface area contributed by atoms with Crippen molar-refractivity contribution in [3.05, 3.63) is 83.4 Å². The lowest BCUT2D eigenvalue weighted by Crippen LogP contribution is -3.00. The number of ether oxygens (including phenoxy) is 1. The Labute approximate surface area is 253 Å². The summed E-state index contributed by atoms with van der Waals surface area (Å²) in [7, 11) is 4.40. The van der Waals surface area contributed by atoms with Gasteiger partial charge in [0.1, 0.15) is 12.4 Å².